The van der Waals surface area contributed by atoms with Crippen molar-refractivity contribution in [2.45, 2.75) is 42.3 Å². The molecule has 1 heterocycles. The molecule has 1 aliphatic heterocycles. The molecule has 0 bridgehead atoms. The van der Waals surface area contributed by atoms with Crippen molar-refractivity contribution in [1.29, 1.82) is 0 Å². The molecule has 262 valence electrons. The van der Waals surface area contributed by atoms with Gasteiger partial charge in [0, 0.05) is 18.2 Å². The van der Waals surface area contributed by atoms with E-state index in [1.54, 1.807) is 31.2 Å². The molecule has 2 atom stereocenters. The normalized spacial score (nSPS) is 17.1. The summed E-state index contributed by atoms with van der Waals surface area (Å²) in [4.78, 5) is 21.9. The minimum absolute atomic E-state index is 0.0652. The zero-order valence-corrected chi connectivity index (χ0v) is 29.5. The number of hydrogen-bond donors (Lipinski definition) is 1. The van der Waals surface area contributed by atoms with E-state index in [1.165, 1.54) is 20.3 Å². The summed E-state index contributed by atoms with van der Waals surface area (Å²) < 4.78 is 43.8. The summed E-state index contributed by atoms with van der Waals surface area (Å²) >= 11 is 0. The highest BCUT2D eigenvalue weighted by molar-refractivity contribution is 7.90. The Morgan fingerprint density at radius 2 is 1.45 bits per heavy atom. The first-order chi connectivity index (χ1) is 24.7. The summed E-state index contributed by atoms with van der Waals surface area (Å²) in [5, 5.41) is 9.75. The SMILES string of the molecule is CCOC(=O)[C@]1(c2ccccc2)N=C(c2ccc(CO)cc2)N(Cc2ccccc2)[C@@H]1c1ccc(CS(=O)(=O)c2ccc(OC)cc2OC)cc1. The highest BCUT2D eigenvalue weighted by atomic mass is 32.2. The molecule has 10 heteroatoms. The van der Waals surface area contributed by atoms with Crippen molar-refractivity contribution < 1.29 is 32.5 Å². The van der Waals surface area contributed by atoms with Gasteiger partial charge in [0.05, 0.1) is 39.2 Å². The van der Waals surface area contributed by atoms with Gasteiger partial charge < -0.3 is 24.2 Å². The molecule has 0 aliphatic carbocycles. The van der Waals surface area contributed by atoms with Crippen molar-refractivity contribution in [2.75, 3.05) is 20.8 Å². The maximum absolute atomic E-state index is 14.5. The fraction of sp³-hybridized carbons (Fsp3) is 0.220. The van der Waals surface area contributed by atoms with Gasteiger partial charge in [-0.05, 0) is 46.9 Å². The lowest BCUT2D eigenvalue weighted by atomic mass is 9.79. The molecule has 0 aromatic heterocycles. The Bertz CT molecular complexity index is 2100. The average Bonchev–Trinajstić information content (AvgIpc) is 3.51. The van der Waals surface area contributed by atoms with Crippen LogP contribution in [-0.2, 0) is 43.8 Å². The number of benzene rings is 5. The number of nitrogens with zero attached hydrogens (tertiary/aromatic N) is 2. The maximum atomic E-state index is 14.5. The summed E-state index contributed by atoms with van der Waals surface area (Å²) in [7, 11) is -0.880. The van der Waals surface area contributed by atoms with Crippen molar-refractivity contribution in [3.63, 3.8) is 0 Å². The third-order valence-electron chi connectivity index (χ3n) is 9.01. The van der Waals surface area contributed by atoms with Gasteiger partial charge in [-0.25, -0.2) is 18.2 Å². The second-order valence-electron chi connectivity index (χ2n) is 12.2. The summed E-state index contributed by atoms with van der Waals surface area (Å²) in [5.41, 5.74) is 2.98. The Morgan fingerprint density at radius 3 is 2.06 bits per heavy atom. The molecule has 0 saturated heterocycles. The minimum Gasteiger partial charge on any atom is -0.497 e. The molecule has 9 nitrogen and oxygen atoms in total. The van der Waals surface area contributed by atoms with E-state index >= 15 is 0 Å². The van der Waals surface area contributed by atoms with Crippen LogP contribution in [0.1, 0.15) is 46.3 Å². The quantitative estimate of drug-likeness (QED) is 0.136. The number of aliphatic imine (C=N–C) groups is 1. The number of carbonyl (C=O) groups excluding carboxylic acids is 1. The minimum atomic E-state index is -3.81. The number of methoxy groups -OCH3 is 2. The van der Waals surface area contributed by atoms with E-state index in [0.717, 1.165) is 22.3 Å². The fourth-order valence-corrected chi connectivity index (χ4v) is 8.06. The van der Waals surface area contributed by atoms with E-state index < -0.39 is 27.4 Å². The molecule has 0 unspecified atom stereocenters. The van der Waals surface area contributed by atoms with Crippen LogP contribution in [0.4, 0.5) is 0 Å². The number of carbonyl (C=O) groups is 1. The van der Waals surface area contributed by atoms with Crippen molar-refractivity contribution in [1.82, 2.24) is 4.90 Å². The van der Waals surface area contributed by atoms with Crippen molar-refractivity contribution in [3.05, 3.63) is 161 Å². The van der Waals surface area contributed by atoms with Gasteiger partial charge in [-0.3, -0.25) is 0 Å². The molecule has 51 heavy (non-hydrogen) atoms. The Morgan fingerprint density at radius 1 is 0.804 bits per heavy atom. The number of amidine groups is 1. The first-order valence-corrected chi connectivity index (χ1v) is 18.3. The van der Waals surface area contributed by atoms with Crippen LogP contribution in [0.2, 0.25) is 0 Å². The molecule has 1 aliphatic rings. The number of rotatable bonds is 13. The molecule has 1 N–H and O–H groups in total. The van der Waals surface area contributed by atoms with E-state index in [4.69, 9.17) is 19.2 Å². The first-order valence-electron chi connectivity index (χ1n) is 16.6. The lowest BCUT2D eigenvalue weighted by Gasteiger charge is -2.37. The molecule has 0 saturated carbocycles. The molecule has 0 fully saturated rings. The van der Waals surface area contributed by atoms with Crippen LogP contribution in [0.25, 0.3) is 0 Å². The molecule has 5 aromatic carbocycles. The highest BCUT2D eigenvalue weighted by Gasteiger charge is 2.57. The van der Waals surface area contributed by atoms with Gasteiger partial charge in [-0.1, -0.05) is 109 Å². The van der Waals surface area contributed by atoms with Crippen LogP contribution in [0, 0.1) is 0 Å². The molecule has 5 aromatic rings. The number of sulfone groups is 1. The van der Waals surface area contributed by atoms with Crippen LogP contribution in [0.3, 0.4) is 0 Å². The predicted octanol–water partition coefficient (Wildman–Crippen LogP) is 6.63. The highest BCUT2D eigenvalue weighted by Crippen LogP contribution is 2.50. The van der Waals surface area contributed by atoms with Gasteiger partial charge in [-0.2, -0.15) is 0 Å². The molecule has 0 radical (unpaired) electrons. The van der Waals surface area contributed by atoms with Crippen LogP contribution in [0.5, 0.6) is 11.5 Å². The van der Waals surface area contributed by atoms with Gasteiger partial charge in [0.25, 0.3) is 0 Å². The number of hydrogen-bond acceptors (Lipinski definition) is 9. The Hall–Kier alpha value is -5.45. The number of esters is 1. The summed E-state index contributed by atoms with van der Waals surface area (Å²) in [5.74, 6) is 0.506. The van der Waals surface area contributed by atoms with E-state index in [1.807, 2.05) is 97.1 Å². The summed E-state index contributed by atoms with van der Waals surface area (Å²) in [6, 6.07) is 38.0. The number of aliphatic hydroxyl groups excluding tert-OH is 1. The van der Waals surface area contributed by atoms with Gasteiger partial charge in [-0.15, -0.1) is 0 Å². The summed E-state index contributed by atoms with van der Waals surface area (Å²) in [6.07, 6.45) is 0. The Balaban J connectivity index is 1.49. The van der Waals surface area contributed by atoms with Crippen LogP contribution in [-0.4, -0.2) is 51.1 Å². The van der Waals surface area contributed by atoms with Gasteiger partial charge in [0.2, 0.25) is 5.54 Å². The zero-order valence-electron chi connectivity index (χ0n) is 28.7. The van der Waals surface area contributed by atoms with E-state index in [9.17, 15) is 18.3 Å². The topological polar surface area (TPSA) is 115 Å². The second kappa shape index (κ2) is 15.2. The summed E-state index contributed by atoms with van der Waals surface area (Å²) in [6.45, 7) is 2.23. The standard InChI is InChI=1S/C41H40N2O7S/c1-4-50-40(45)41(34-13-9-6-10-14-34)38(43(26-29-11-7-5-8-12-29)39(42-41)33-21-15-30(27-44)16-22-33)32-19-17-31(18-20-32)28-51(46,47)37-24-23-35(48-2)25-36(37)49-3/h5-25,38,44H,4,26-28H2,1-3H3/t38-,41-/m1/s1. The third kappa shape index (κ3) is 7.10. The van der Waals surface area contributed by atoms with Crippen molar-refractivity contribution >= 4 is 21.6 Å². The van der Waals surface area contributed by atoms with Crippen molar-refractivity contribution in [2.24, 2.45) is 4.99 Å². The molecular weight excluding hydrogens is 665 g/mol. The van der Waals surface area contributed by atoms with Crippen LogP contribution >= 0.6 is 0 Å². The first kappa shape index (κ1) is 35.4. The number of aliphatic hydroxyl groups is 1. The molecule has 0 amide bonds. The zero-order chi connectivity index (χ0) is 36.0. The largest absolute Gasteiger partial charge is 0.497 e. The van der Waals surface area contributed by atoms with Gasteiger partial charge in [0.1, 0.15) is 22.2 Å². The van der Waals surface area contributed by atoms with Gasteiger partial charge >= 0.3 is 5.97 Å². The lowest BCUT2D eigenvalue weighted by molar-refractivity contribution is -0.151. The van der Waals surface area contributed by atoms with E-state index in [0.29, 0.717) is 29.3 Å². The monoisotopic (exact) mass is 704 g/mol. The van der Waals surface area contributed by atoms with E-state index in [-0.39, 0.29) is 29.6 Å². The van der Waals surface area contributed by atoms with Crippen LogP contribution in [0.15, 0.2) is 137 Å². The van der Waals surface area contributed by atoms with Crippen LogP contribution < -0.4 is 9.47 Å². The average molecular weight is 705 g/mol. The van der Waals surface area contributed by atoms with Gasteiger partial charge in [0.15, 0.2) is 9.84 Å². The Kier molecular flexibility index (Phi) is 10.5. The molecular formula is C41H40N2O7S. The lowest BCUT2D eigenvalue weighted by Crippen LogP contribution is -2.44. The predicted molar refractivity (Wildman–Crippen MR) is 195 cm³/mol. The molecule has 0 spiro atoms. The number of ether oxygens (including phenoxy) is 3. The van der Waals surface area contributed by atoms with Crippen molar-refractivity contribution in [3.8, 4) is 11.5 Å². The third-order valence-corrected chi connectivity index (χ3v) is 10.7. The maximum Gasteiger partial charge on any atom is 0.341 e. The van der Waals surface area contributed by atoms with E-state index in [2.05, 4.69) is 4.90 Å². The fourth-order valence-electron chi connectivity index (χ4n) is 6.55. The second-order valence-corrected chi connectivity index (χ2v) is 14.1. The smallest absolute Gasteiger partial charge is 0.341 e. The Labute approximate surface area is 298 Å². The molecule has 6 rings (SSSR count).